The van der Waals surface area contributed by atoms with Gasteiger partial charge in [0.25, 0.3) is 0 Å². The molecule has 2 fully saturated rings. The van der Waals surface area contributed by atoms with Gasteiger partial charge < -0.3 is 0 Å². The van der Waals surface area contributed by atoms with Crippen LogP contribution in [-0.2, 0) is 0 Å². The summed E-state index contributed by atoms with van der Waals surface area (Å²) in [6.07, 6.45) is 13.6. The molecule has 2 aliphatic carbocycles. The second-order valence-electron chi connectivity index (χ2n) is 5.21. The lowest BCUT2D eigenvalue weighted by molar-refractivity contribution is 0.385. The molecule has 1 nitrogen and oxygen atoms in total. The summed E-state index contributed by atoms with van der Waals surface area (Å²) in [6, 6.07) is 2.30. The van der Waals surface area contributed by atoms with Crippen LogP contribution in [0, 0.1) is 23.2 Å². The second kappa shape index (κ2) is 17.5. The van der Waals surface area contributed by atoms with Crippen molar-refractivity contribution in [3.63, 3.8) is 0 Å². The van der Waals surface area contributed by atoms with Gasteiger partial charge in [0.2, 0.25) is 0 Å². The fraction of sp³-hybridized carbons (Fsp3) is 0.944. The van der Waals surface area contributed by atoms with Gasteiger partial charge in [0.1, 0.15) is 0 Å². The molecule has 0 heterocycles. The highest BCUT2D eigenvalue weighted by Gasteiger charge is 2.10. The first-order chi connectivity index (χ1) is 9.33. The first-order valence-corrected chi connectivity index (χ1v) is 8.72. The third-order valence-corrected chi connectivity index (χ3v) is 3.68. The maximum atomic E-state index is 8.44. The maximum Gasteiger partial charge on any atom is 0.0655 e. The monoisotopic (exact) mass is 267 g/mol. The molecule has 0 saturated heterocycles. The molecule has 0 aromatic heterocycles. The van der Waals surface area contributed by atoms with E-state index in [-0.39, 0.29) is 0 Å². The Hall–Kier alpha value is -0.510. The van der Waals surface area contributed by atoms with E-state index in [0.29, 0.717) is 5.92 Å². The molecule has 114 valence electrons. The van der Waals surface area contributed by atoms with Crippen LogP contribution in [0.2, 0.25) is 0 Å². The van der Waals surface area contributed by atoms with E-state index in [1.165, 1.54) is 51.4 Å². The van der Waals surface area contributed by atoms with E-state index in [9.17, 15) is 0 Å². The van der Waals surface area contributed by atoms with Gasteiger partial charge in [-0.2, -0.15) is 5.26 Å². The highest BCUT2D eigenvalue weighted by Crippen LogP contribution is 2.22. The van der Waals surface area contributed by atoms with Crippen molar-refractivity contribution in [1.82, 2.24) is 0 Å². The summed E-state index contributed by atoms with van der Waals surface area (Å²) in [5.41, 5.74) is 0. The predicted molar refractivity (Wildman–Crippen MR) is 87.1 cm³/mol. The van der Waals surface area contributed by atoms with Crippen molar-refractivity contribution < 1.29 is 0 Å². The molecule has 0 spiro atoms. The van der Waals surface area contributed by atoms with Gasteiger partial charge in [0.15, 0.2) is 0 Å². The number of nitriles is 1. The molecule has 1 heteroatoms. The van der Waals surface area contributed by atoms with Gasteiger partial charge in [-0.05, 0) is 18.8 Å². The van der Waals surface area contributed by atoms with Crippen molar-refractivity contribution in [3.05, 3.63) is 0 Å². The molecule has 2 aliphatic rings. The van der Waals surface area contributed by atoms with Crippen LogP contribution in [-0.4, -0.2) is 0 Å². The molecule has 0 aliphatic heterocycles. The summed E-state index contributed by atoms with van der Waals surface area (Å²) in [6.45, 7) is 10.4. The van der Waals surface area contributed by atoms with Crippen LogP contribution in [0.25, 0.3) is 0 Å². The van der Waals surface area contributed by atoms with Crippen molar-refractivity contribution in [3.8, 4) is 6.07 Å². The summed E-state index contributed by atoms with van der Waals surface area (Å²) in [7, 11) is 0. The van der Waals surface area contributed by atoms with Crippen LogP contribution < -0.4 is 0 Å². The Kier molecular flexibility index (Phi) is 19.1. The summed E-state index contributed by atoms with van der Waals surface area (Å²) in [5.74, 6) is 1.43. The number of nitrogens with zero attached hydrogens (tertiary/aromatic N) is 1. The molecular weight excluding hydrogens is 230 g/mol. The molecule has 19 heavy (non-hydrogen) atoms. The third kappa shape index (κ3) is 13.7. The molecular formula is C18H37N. The van der Waals surface area contributed by atoms with E-state index < -0.39 is 0 Å². The zero-order valence-electron chi connectivity index (χ0n) is 14.2. The predicted octanol–water partition coefficient (Wildman–Crippen LogP) is 6.73. The van der Waals surface area contributed by atoms with Gasteiger partial charge in [-0.25, -0.2) is 0 Å². The Morgan fingerprint density at radius 3 is 1.26 bits per heavy atom. The van der Waals surface area contributed by atoms with Crippen molar-refractivity contribution >= 4 is 0 Å². The van der Waals surface area contributed by atoms with E-state index in [0.717, 1.165) is 18.8 Å². The average Bonchev–Trinajstić information content (AvgIpc) is 2.53. The number of hydrogen-bond acceptors (Lipinski definition) is 1. The SMILES string of the molecule is CC.CC.CC1CCCCC1.N#CC1CCCCC1. The molecule has 2 saturated carbocycles. The standard InChI is InChI=1S/C7H11N.C7H14.2C2H6/c8-6-7-4-2-1-3-5-7;1-7-5-3-2-4-6-7;2*1-2/h7H,1-5H2;7H,2-6H2,1H3;2*1-2H3. The molecule has 0 bridgehead atoms. The molecule has 0 aromatic rings. The van der Waals surface area contributed by atoms with Crippen molar-refractivity contribution in [2.75, 3.05) is 0 Å². The highest BCUT2D eigenvalue weighted by molar-refractivity contribution is 4.84. The minimum atomic E-state index is 0.392. The summed E-state index contributed by atoms with van der Waals surface area (Å²) in [4.78, 5) is 0. The van der Waals surface area contributed by atoms with Gasteiger partial charge in [-0.15, -0.1) is 0 Å². The first kappa shape index (κ1) is 20.8. The smallest absolute Gasteiger partial charge is 0.0655 e. The molecule has 0 unspecified atom stereocenters. The second-order valence-corrected chi connectivity index (χ2v) is 5.21. The van der Waals surface area contributed by atoms with E-state index in [1.807, 2.05) is 27.7 Å². The largest absolute Gasteiger partial charge is 0.198 e. The molecule has 0 atom stereocenters. The molecule has 2 rings (SSSR count). The van der Waals surface area contributed by atoms with Crippen molar-refractivity contribution in [1.29, 1.82) is 5.26 Å². The number of rotatable bonds is 0. The van der Waals surface area contributed by atoms with Gasteiger partial charge in [0.05, 0.1) is 6.07 Å². The maximum absolute atomic E-state index is 8.44. The minimum absolute atomic E-state index is 0.392. The minimum Gasteiger partial charge on any atom is -0.198 e. The van der Waals surface area contributed by atoms with Crippen LogP contribution in [0.15, 0.2) is 0 Å². The van der Waals surface area contributed by atoms with E-state index in [1.54, 1.807) is 0 Å². The quantitative estimate of drug-likeness (QED) is 0.477. The fourth-order valence-corrected chi connectivity index (χ4v) is 2.54. The zero-order chi connectivity index (χ0) is 14.9. The van der Waals surface area contributed by atoms with E-state index in [2.05, 4.69) is 13.0 Å². The van der Waals surface area contributed by atoms with E-state index in [4.69, 9.17) is 5.26 Å². The third-order valence-electron chi connectivity index (χ3n) is 3.68. The molecule has 0 aromatic carbocycles. The normalized spacial score (nSPS) is 19.4. The van der Waals surface area contributed by atoms with Crippen molar-refractivity contribution in [2.24, 2.45) is 11.8 Å². The van der Waals surface area contributed by atoms with Crippen LogP contribution in [0.1, 0.15) is 98.8 Å². The van der Waals surface area contributed by atoms with Gasteiger partial charge in [0, 0.05) is 5.92 Å². The van der Waals surface area contributed by atoms with Crippen LogP contribution >= 0.6 is 0 Å². The first-order valence-electron chi connectivity index (χ1n) is 8.72. The molecule has 0 radical (unpaired) electrons. The van der Waals surface area contributed by atoms with Crippen molar-refractivity contribution in [2.45, 2.75) is 98.8 Å². The van der Waals surface area contributed by atoms with Crippen LogP contribution in [0.5, 0.6) is 0 Å². The van der Waals surface area contributed by atoms with E-state index >= 15 is 0 Å². The highest BCUT2D eigenvalue weighted by atomic mass is 14.3. The lowest BCUT2D eigenvalue weighted by Gasteiger charge is -2.15. The van der Waals surface area contributed by atoms with Crippen LogP contribution in [0.3, 0.4) is 0 Å². The molecule has 0 N–H and O–H groups in total. The Balaban J connectivity index is 0. The lowest BCUT2D eigenvalue weighted by Crippen LogP contribution is -2.02. The summed E-state index contributed by atoms with van der Waals surface area (Å²) >= 11 is 0. The topological polar surface area (TPSA) is 23.8 Å². The summed E-state index contributed by atoms with van der Waals surface area (Å²) in [5, 5.41) is 8.44. The summed E-state index contributed by atoms with van der Waals surface area (Å²) < 4.78 is 0. The Morgan fingerprint density at radius 1 is 0.684 bits per heavy atom. The van der Waals surface area contributed by atoms with Gasteiger partial charge in [-0.1, -0.05) is 86.0 Å². The van der Waals surface area contributed by atoms with Gasteiger partial charge >= 0.3 is 0 Å². The van der Waals surface area contributed by atoms with Gasteiger partial charge in [-0.3, -0.25) is 0 Å². The molecule has 0 amide bonds. The Labute approximate surface area is 122 Å². The number of hydrogen-bond donors (Lipinski definition) is 0. The lowest BCUT2D eigenvalue weighted by atomic mass is 9.91. The fourth-order valence-electron chi connectivity index (χ4n) is 2.54. The Bertz CT molecular complexity index is 180. The van der Waals surface area contributed by atoms with Crippen LogP contribution in [0.4, 0.5) is 0 Å². The average molecular weight is 268 g/mol. The Morgan fingerprint density at radius 2 is 1.05 bits per heavy atom. The zero-order valence-corrected chi connectivity index (χ0v) is 14.2.